The average molecular weight is 321 g/mol. The molecule has 0 unspecified atom stereocenters. The van der Waals surface area contributed by atoms with E-state index in [0.29, 0.717) is 5.82 Å². The second-order valence-corrected chi connectivity index (χ2v) is 5.67. The number of hydrogen-bond acceptors (Lipinski definition) is 4. The third-order valence-electron chi connectivity index (χ3n) is 2.37. The summed E-state index contributed by atoms with van der Waals surface area (Å²) in [7, 11) is 0. The first-order chi connectivity index (χ1) is 8.72. The van der Waals surface area contributed by atoms with Crippen molar-refractivity contribution in [2.75, 3.05) is 5.73 Å². The van der Waals surface area contributed by atoms with Crippen LogP contribution in [0.1, 0.15) is 0 Å². The van der Waals surface area contributed by atoms with Gasteiger partial charge >= 0.3 is 0 Å². The van der Waals surface area contributed by atoms with E-state index in [4.69, 9.17) is 5.73 Å². The molecular formula is C12H9BrN4S. The van der Waals surface area contributed by atoms with Gasteiger partial charge in [-0.2, -0.15) is 0 Å². The van der Waals surface area contributed by atoms with Crippen LogP contribution in [0.25, 0.3) is 5.65 Å². The molecule has 0 amide bonds. The van der Waals surface area contributed by atoms with Gasteiger partial charge in [0.25, 0.3) is 0 Å². The van der Waals surface area contributed by atoms with Gasteiger partial charge in [-0.25, -0.2) is 9.97 Å². The molecule has 3 aromatic rings. The number of aromatic nitrogens is 3. The first-order valence-electron chi connectivity index (χ1n) is 5.25. The summed E-state index contributed by atoms with van der Waals surface area (Å²) in [5.74, 6) is 0.484. The Morgan fingerprint density at radius 2 is 2.22 bits per heavy atom. The van der Waals surface area contributed by atoms with Crippen molar-refractivity contribution in [1.82, 2.24) is 14.4 Å². The Hall–Kier alpha value is -1.53. The Bertz CT molecular complexity index is 710. The molecule has 1 aromatic carbocycles. The highest BCUT2D eigenvalue weighted by atomic mass is 79.9. The lowest BCUT2D eigenvalue weighted by molar-refractivity contribution is 1.04. The summed E-state index contributed by atoms with van der Waals surface area (Å²) in [4.78, 5) is 9.72. The van der Waals surface area contributed by atoms with Gasteiger partial charge in [0.15, 0.2) is 5.65 Å². The second-order valence-electron chi connectivity index (χ2n) is 3.69. The number of rotatable bonds is 2. The van der Waals surface area contributed by atoms with Gasteiger partial charge in [-0.05, 0) is 18.2 Å². The summed E-state index contributed by atoms with van der Waals surface area (Å²) in [6.07, 6.45) is 5.35. The summed E-state index contributed by atoms with van der Waals surface area (Å²) in [5, 5.41) is 0.804. The molecule has 0 aliphatic carbocycles. The van der Waals surface area contributed by atoms with E-state index >= 15 is 0 Å². The number of anilines is 1. The molecule has 0 atom stereocenters. The van der Waals surface area contributed by atoms with Crippen molar-refractivity contribution in [3.63, 3.8) is 0 Å². The Kier molecular flexibility index (Phi) is 2.97. The third kappa shape index (κ3) is 2.21. The van der Waals surface area contributed by atoms with Crippen LogP contribution in [-0.2, 0) is 0 Å². The number of nitrogen functional groups attached to an aromatic ring is 1. The van der Waals surface area contributed by atoms with Gasteiger partial charge in [-0.15, -0.1) is 0 Å². The maximum absolute atomic E-state index is 5.79. The fourth-order valence-corrected chi connectivity index (χ4v) is 3.14. The van der Waals surface area contributed by atoms with Crippen molar-refractivity contribution >= 4 is 39.2 Å². The van der Waals surface area contributed by atoms with E-state index in [1.54, 1.807) is 24.2 Å². The quantitative estimate of drug-likeness (QED) is 0.787. The largest absolute Gasteiger partial charge is 0.382 e. The van der Waals surface area contributed by atoms with E-state index in [0.717, 1.165) is 20.0 Å². The van der Waals surface area contributed by atoms with E-state index < -0.39 is 0 Å². The lowest BCUT2D eigenvalue weighted by Gasteiger charge is -2.04. The van der Waals surface area contributed by atoms with Gasteiger partial charge < -0.3 is 10.1 Å². The van der Waals surface area contributed by atoms with Crippen molar-refractivity contribution in [2.24, 2.45) is 0 Å². The van der Waals surface area contributed by atoms with Crippen LogP contribution in [0.4, 0.5) is 5.82 Å². The highest BCUT2D eigenvalue weighted by molar-refractivity contribution is 9.10. The Morgan fingerprint density at radius 3 is 3.06 bits per heavy atom. The number of benzene rings is 1. The lowest BCUT2D eigenvalue weighted by atomic mass is 10.4. The molecule has 2 heterocycles. The van der Waals surface area contributed by atoms with Crippen molar-refractivity contribution < 1.29 is 0 Å². The molecule has 90 valence electrons. The summed E-state index contributed by atoms with van der Waals surface area (Å²) in [6.45, 7) is 0. The minimum Gasteiger partial charge on any atom is -0.382 e. The molecule has 0 aliphatic rings. The number of hydrogen-bond donors (Lipinski definition) is 1. The summed E-state index contributed by atoms with van der Waals surface area (Å²) in [5.41, 5.74) is 6.60. The van der Waals surface area contributed by atoms with E-state index in [-0.39, 0.29) is 0 Å². The van der Waals surface area contributed by atoms with Crippen LogP contribution in [-0.4, -0.2) is 14.4 Å². The number of imidazole rings is 1. The molecule has 4 nitrogen and oxygen atoms in total. The zero-order chi connectivity index (χ0) is 12.5. The first kappa shape index (κ1) is 11.6. The minimum atomic E-state index is 0.484. The highest BCUT2D eigenvalue weighted by Crippen LogP contribution is 2.30. The smallest absolute Gasteiger partial charge is 0.170 e. The van der Waals surface area contributed by atoms with Crippen LogP contribution in [0.2, 0.25) is 0 Å². The molecule has 0 radical (unpaired) electrons. The Labute approximate surface area is 116 Å². The monoisotopic (exact) mass is 320 g/mol. The minimum absolute atomic E-state index is 0.484. The molecule has 0 saturated heterocycles. The van der Waals surface area contributed by atoms with Crippen LogP contribution < -0.4 is 5.73 Å². The Balaban J connectivity index is 2.06. The van der Waals surface area contributed by atoms with Crippen molar-refractivity contribution in [1.29, 1.82) is 0 Å². The molecule has 2 aromatic heterocycles. The molecule has 0 saturated carbocycles. The lowest BCUT2D eigenvalue weighted by Crippen LogP contribution is -1.97. The van der Waals surface area contributed by atoms with Gasteiger partial charge in [0.2, 0.25) is 0 Å². The third-order valence-corrected chi connectivity index (χ3v) is 3.82. The SMILES string of the molecule is Nc1cn2ccnc2c(Sc2cccc(Br)c2)n1. The molecule has 0 spiro atoms. The zero-order valence-corrected chi connectivity index (χ0v) is 11.6. The standard InChI is InChI=1S/C12H9BrN4S/c13-8-2-1-3-9(6-8)18-12-11-15-4-5-17(11)7-10(14)16-12/h1-7H,14H2. The molecule has 18 heavy (non-hydrogen) atoms. The van der Waals surface area contributed by atoms with Gasteiger partial charge in [0.1, 0.15) is 10.8 Å². The molecule has 0 bridgehead atoms. The van der Waals surface area contributed by atoms with E-state index in [2.05, 4.69) is 25.9 Å². The number of nitrogens with two attached hydrogens (primary N) is 1. The average Bonchev–Trinajstić information content (AvgIpc) is 2.77. The summed E-state index contributed by atoms with van der Waals surface area (Å²) >= 11 is 5.00. The predicted molar refractivity (Wildman–Crippen MR) is 75.7 cm³/mol. The van der Waals surface area contributed by atoms with E-state index in [1.165, 1.54) is 0 Å². The summed E-state index contributed by atoms with van der Waals surface area (Å²) in [6, 6.07) is 8.04. The van der Waals surface area contributed by atoms with Crippen LogP contribution in [0.5, 0.6) is 0 Å². The van der Waals surface area contributed by atoms with Crippen LogP contribution in [0.15, 0.2) is 57.3 Å². The molecule has 2 N–H and O–H groups in total. The van der Waals surface area contributed by atoms with Crippen molar-refractivity contribution in [3.05, 3.63) is 47.3 Å². The Morgan fingerprint density at radius 1 is 1.33 bits per heavy atom. The predicted octanol–water partition coefficient (Wildman–Crippen LogP) is 3.23. The van der Waals surface area contributed by atoms with E-state index in [9.17, 15) is 0 Å². The summed E-state index contributed by atoms with van der Waals surface area (Å²) < 4.78 is 2.92. The van der Waals surface area contributed by atoms with Crippen molar-refractivity contribution in [3.8, 4) is 0 Å². The number of halogens is 1. The first-order valence-corrected chi connectivity index (χ1v) is 6.86. The topological polar surface area (TPSA) is 56.2 Å². The van der Waals surface area contributed by atoms with Crippen LogP contribution in [0.3, 0.4) is 0 Å². The maximum Gasteiger partial charge on any atom is 0.170 e. The van der Waals surface area contributed by atoms with Crippen molar-refractivity contribution in [2.45, 2.75) is 9.92 Å². The fraction of sp³-hybridized carbons (Fsp3) is 0. The van der Waals surface area contributed by atoms with Crippen LogP contribution in [0, 0.1) is 0 Å². The molecular weight excluding hydrogens is 312 g/mol. The maximum atomic E-state index is 5.79. The molecule has 0 fully saturated rings. The second kappa shape index (κ2) is 4.62. The zero-order valence-electron chi connectivity index (χ0n) is 9.25. The van der Waals surface area contributed by atoms with Gasteiger partial charge in [0.05, 0.1) is 6.20 Å². The number of nitrogens with zero attached hydrogens (tertiary/aromatic N) is 3. The van der Waals surface area contributed by atoms with Gasteiger partial charge in [-0.1, -0.05) is 33.8 Å². The normalized spacial score (nSPS) is 10.9. The van der Waals surface area contributed by atoms with Gasteiger partial charge in [0, 0.05) is 21.8 Å². The molecule has 0 aliphatic heterocycles. The highest BCUT2D eigenvalue weighted by Gasteiger charge is 2.08. The van der Waals surface area contributed by atoms with Gasteiger partial charge in [-0.3, -0.25) is 0 Å². The van der Waals surface area contributed by atoms with Crippen LogP contribution >= 0.6 is 27.7 Å². The molecule has 6 heteroatoms. The number of fused-ring (bicyclic) bond motifs is 1. The fourth-order valence-electron chi connectivity index (χ4n) is 1.63. The van der Waals surface area contributed by atoms with E-state index in [1.807, 2.05) is 34.9 Å². The molecule has 3 rings (SSSR count).